The van der Waals surface area contributed by atoms with Gasteiger partial charge in [0, 0.05) is 5.69 Å². The second-order valence-corrected chi connectivity index (χ2v) is 5.07. The number of rotatable bonds is 2. The fourth-order valence-corrected chi connectivity index (χ4v) is 2.00. The Morgan fingerprint density at radius 2 is 1.64 bits per heavy atom. The van der Waals surface area contributed by atoms with E-state index in [0.717, 1.165) is 12.1 Å². The van der Waals surface area contributed by atoms with Crippen LogP contribution in [-0.4, -0.2) is 6.03 Å². The van der Waals surface area contributed by atoms with Crippen molar-refractivity contribution in [1.29, 1.82) is 0 Å². The van der Waals surface area contributed by atoms with Gasteiger partial charge in [0.1, 0.15) is 0 Å². The van der Waals surface area contributed by atoms with E-state index in [2.05, 4.69) is 10.6 Å². The van der Waals surface area contributed by atoms with Crippen molar-refractivity contribution in [2.75, 3.05) is 10.6 Å². The normalized spacial score (nSPS) is 11.1. The molecule has 0 aliphatic rings. The van der Waals surface area contributed by atoms with Gasteiger partial charge < -0.3 is 10.6 Å². The van der Waals surface area contributed by atoms with E-state index in [4.69, 9.17) is 23.2 Å². The average molecular weight is 349 g/mol. The number of amides is 2. The Morgan fingerprint density at radius 1 is 0.955 bits per heavy atom. The number of carbonyl (C=O) groups excluding carboxylic acids is 1. The number of hydrogen-bond acceptors (Lipinski definition) is 1. The molecule has 8 heteroatoms. The molecule has 2 N–H and O–H groups in total. The third-order valence-corrected chi connectivity index (χ3v) is 3.40. The smallest absolute Gasteiger partial charge is 0.308 e. The number of urea groups is 1. The molecule has 2 aromatic rings. The summed E-state index contributed by atoms with van der Waals surface area (Å²) in [4.78, 5) is 11.8. The van der Waals surface area contributed by atoms with Crippen LogP contribution < -0.4 is 10.6 Å². The maximum Gasteiger partial charge on any atom is 0.418 e. The van der Waals surface area contributed by atoms with Gasteiger partial charge in [0.2, 0.25) is 0 Å². The van der Waals surface area contributed by atoms with Crippen LogP contribution in [-0.2, 0) is 6.18 Å². The molecule has 0 aliphatic heterocycles. The van der Waals surface area contributed by atoms with Crippen LogP contribution in [0.2, 0.25) is 10.0 Å². The average Bonchev–Trinajstić information content (AvgIpc) is 2.42. The number of halogens is 5. The molecule has 0 bridgehead atoms. The van der Waals surface area contributed by atoms with Crippen LogP contribution in [0, 0.1) is 0 Å². The lowest BCUT2D eigenvalue weighted by molar-refractivity contribution is -0.136. The number of benzene rings is 2. The minimum atomic E-state index is -4.56. The van der Waals surface area contributed by atoms with E-state index < -0.39 is 17.8 Å². The van der Waals surface area contributed by atoms with Crippen LogP contribution in [0.3, 0.4) is 0 Å². The summed E-state index contributed by atoms with van der Waals surface area (Å²) in [7, 11) is 0. The van der Waals surface area contributed by atoms with E-state index >= 15 is 0 Å². The zero-order valence-electron chi connectivity index (χ0n) is 10.8. The topological polar surface area (TPSA) is 41.1 Å². The Balaban J connectivity index is 2.14. The van der Waals surface area contributed by atoms with E-state index in [1.165, 1.54) is 30.3 Å². The highest BCUT2D eigenvalue weighted by Gasteiger charge is 2.33. The third kappa shape index (κ3) is 4.05. The van der Waals surface area contributed by atoms with Crippen LogP contribution in [0.4, 0.5) is 29.3 Å². The van der Waals surface area contributed by atoms with E-state index in [1.807, 2.05) is 0 Å². The van der Waals surface area contributed by atoms with Crippen molar-refractivity contribution in [3.05, 3.63) is 58.1 Å². The number of carbonyl (C=O) groups is 1. The lowest BCUT2D eigenvalue weighted by atomic mass is 10.1. The molecule has 2 aromatic carbocycles. The molecule has 2 amide bonds. The Morgan fingerprint density at radius 3 is 2.27 bits per heavy atom. The van der Waals surface area contributed by atoms with E-state index in [1.54, 1.807) is 0 Å². The first kappa shape index (κ1) is 16.5. The van der Waals surface area contributed by atoms with Gasteiger partial charge in [-0.3, -0.25) is 0 Å². The molecule has 0 spiro atoms. The second-order valence-electron chi connectivity index (χ2n) is 4.25. The quantitative estimate of drug-likeness (QED) is 0.722. The molecule has 22 heavy (non-hydrogen) atoms. The highest BCUT2D eigenvalue weighted by molar-refractivity contribution is 6.42. The molecule has 0 unspecified atom stereocenters. The highest BCUT2D eigenvalue weighted by Crippen LogP contribution is 2.34. The molecule has 0 radical (unpaired) electrons. The van der Waals surface area contributed by atoms with Gasteiger partial charge in [-0.1, -0.05) is 35.3 Å². The summed E-state index contributed by atoms with van der Waals surface area (Å²) in [6.07, 6.45) is -4.56. The lowest BCUT2D eigenvalue weighted by Crippen LogP contribution is -2.21. The third-order valence-electron chi connectivity index (χ3n) is 2.66. The maximum atomic E-state index is 12.8. The van der Waals surface area contributed by atoms with Gasteiger partial charge in [0.25, 0.3) is 0 Å². The monoisotopic (exact) mass is 348 g/mol. The molecule has 0 aliphatic carbocycles. The van der Waals surface area contributed by atoms with Gasteiger partial charge >= 0.3 is 12.2 Å². The number of hydrogen-bond donors (Lipinski definition) is 2. The predicted octanol–water partition coefficient (Wildman–Crippen LogP) is 5.66. The van der Waals surface area contributed by atoms with Gasteiger partial charge in [-0.25, -0.2) is 4.79 Å². The summed E-state index contributed by atoms with van der Waals surface area (Å²) in [6.45, 7) is 0. The Bertz CT molecular complexity index is 705. The summed E-state index contributed by atoms with van der Waals surface area (Å²) in [6, 6.07) is 8.18. The van der Waals surface area contributed by atoms with Crippen molar-refractivity contribution in [3.63, 3.8) is 0 Å². The lowest BCUT2D eigenvalue weighted by Gasteiger charge is -2.14. The number of anilines is 2. The van der Waals surface area contributed by atoms with E-state index in [9.17, 15) is 18.0 Å². The fraction of sp³-hybridized carbons (Fsp3) is 0.0714. The fourth-order valence-electron chi connectivity index (χ4n) is 1.70. The van der Waals surface area contributed by atoms with Crippen molar-refractivity contribution in [2.24, 2.45) is 0 Å². The van der Waals surface area contributed by atoms with Gasteiger partial charge in [0.15, 0.2) is 0 Å². The highest BCUT2D eigenvalue weighted by atomic mass is 35.5. The van der Waals surface area contributed by atoms with Gasteiger partial charge in [0.05, 0.1) is 21.3 Å². The van der Waals surface area contributed by atoms with Crippen molar-refractivity contribution in [1.82, 2.24) is 0 Å². The summed E-state index contributed by atoms with van der Waals surface area (Å²) < 4.78 is 38.5. The van der Waals surface area contributed by atoms with Crippen molar-refractivity contribution >= 4 is 40.6 Å². The first-order valence-electron chi connectivity index (χ1n) is 5.96. The van der Waals surface area contributed by atoms with Gasteiger partial charge in [-0.15, -0.1) is 0 Å². The van der Waals surface area contributed by atoms with Gasteiger partial charge in [-0.2, -0.15) is 13.2 Å². The molecule has 2 rings (SSSR count). The summed E-state index contributed by atoms with van der Waals surface area (Å²) in [5.41, 5.74) is -0.969. The number of alkyl halides is 3. The predicted molar refractivity (Wildman–Crippen MR) is 80.5 cm³/mol. The molecule has 0 saturated carbocycles. The Kier molecular flexibility index (Phi) is 4.83. The molecule has 3 nitrogen and oxygen atoms in total. The van der Waals surface area contributed by atoms with Crippen LogP contribution in [0.5, 0.6) is 0 Å². The molecule has 0 aromatic heterocycles. The first-order chi connectivity index (χ1) is 10.3. The van der Waals surface area contributed by atoms with E-state index in [-0.39, 0.29) is 10.7 Å². The minimum Gasteiger partial charge on any atom is -0.308 e. The molecule has 0 heterocycles. The summed E-state index contributed by atoms with van der Waals surface area (Å²) in [5.74, 6) is 0. The second kappa shape index (κ2) is 6.46. The van der Waals surface area contributed by atoms with Crippen LogP contribution in [0.25, 0.3) is 0 Å². The number of para-hydroxylation sites is 1. The van der Waals surface area contributed by atoms with Crippen molar-refractivity contribution < 1.29 is 18.0 Å². The molecular formula is C14H9Cl2F3N2O. The summed E-state index contributed by atoms with van der Waals surface area (Å²) in [5, 5.41) is 5.05. The number of nitrogens with one attached hydrogen (secondary N) is 2. The largest absolute Gasteiger partial charge is 0.418 e. The van der Waals surface area contributed by atoms with Crippen LogP contribution >= 0.6 is 23.2 Å². The van der Waals surface area contributed by atoms with Crippen LogP contribution in [0.1, 0.15) is 5.56 Å². The SMILES string of the molecule is O=C(Nc1ccc(Cl)c(Cl)c1)Nc1ccccc1C(F)(F)F. The minimum absolute atomic E-state index is 0.218. The first-order valence-corrected chi connectivity index (χ1v) is 6.72. The molecular weight excluding hydrogens is 340 g/mol. The standard InChI is InChI=1S/C14H9Cl2F3N2O/c15-10-6-5-8(7-11(10)16)20-13(22)21-12-4-2-1-3-9(12)14(17,18)19/h1-7H,(H2,20,21,22). The van der Waals surface area contributed by atoms with Gasteiger partial charge in [-0.05, 0) is 30.3 Å². The zero-order chi connectivity index (χ0) is 16.3. The molecule has 0 fully saturated rings. The Hall–Kier alpha value is -1.92. The molecule has 0 atom stereocenters. The van der Waals surface area contributed by atoms with E-state index in [0.29, 0.717) is 10.7 Å². The van der Waals surface area contributed by atoms with Crippen molar-refractivity contribution in [3.8, 4) is 0 Å². The van der Waals surface area contributed by atoms with Crippen molar-refractivity contribution in [2.45, 2.75) is 6.18 Å². The maximum absolute atomic E-state index is 12.8. The molecule has 116 valence electrons. The zero-order valence-corrected chi connectivity index (χ0v) is 12.4. The van der Waals surface area contributed by atoms with Crippen LogP contribution in [0.15, 0.2) is 42.5 Å². The Labute approximate surface area is 134 Å². The summed E-state index contributed by atoms with van der Waals surface area (Å²) >= 11 is 11.5. The molecule has 0 saturated heterocycles.